The van der Waals surface area contributed by atoms with E-state index in [2.05, 4.69) is 106 Å². The number of fused-ring (bicyclic) bond motifs is 6. The molecule has 0 saturated heterocycles. The van der Waals surface area contributed by atoms with Crippen LogP contribution in [0.4, 0.5) is 5.69 Å². The van der Waals surface area contributed by atoms with Gasteiger partial charge in [-0.05, 0) is 69.4 Å². The van der Waals surface area contributed by atoms with Crippen LogP contribution in [0.1, 0.15) is 0 Å². The summed E-state index contributed by atoms with van der Waals surface area (Å²) >= 11 is 0. The minimum Gasteiger partial charge on any atom is -0.308 e. The van der Waals surface area contributed by atoms with Gasteiger partial charge in [0, 0.05) is 21.9 Å². The second kappa shape index (κ2) is 9.96. The maximum absolute atomic E-state index is 7.41. The van der Waals surface area contributed by atoms with Gasteiger partial charge in [-0.3, -0.25) is 0 Å². The Morgan fingerprint density at radius 2 is 1.16 bits per heavy atom. The molecule has 3 aromatic heterocycles. The molecule has 0 saturated carbocycles. The third kappa shape index (κ3) is 3.58. The van der Waals surface area contributed by atoms with Crippen LogP contribution in [-0.4, -0.2) is 24.1 Å². The van der Waals surface area contributed by atoms with Gasteiger partial charge in [0.1, 0.15) is 5.69 Å². The molecule has 1 aliphatic carbocycles. The van der Waals surface area contributed by atoms with E-state index in [4.69, 9.17) is 21.6 Å². The minimum atomic E-state index is 0.582. The maximum atomic E-state index is 7.41. The Kier molecular flexibility index (Phi) is 5.36. The second-order valence-electron chi connectivity index (χ2n) is 12.7. The summed E-state index contributed by atoms with van der Waals surface area (Å²) in [4.78, 5) is 13.9. The zero-order valence-electron chi connectivity index (χ0n) is 26.5. The summed E-state index contributed by atoms with van der Waals surface area (Å²) in [6, 6.07) is 50.5. The standard InChI is InChI=1S/C44H24N6/c1-45-28-23-20-27(21-24-28)42-44-47-43(48-50(44)36-18-7-5-16-34(36)46-42)33-13-4-6-17-35(33)49-37-19-9-15-32-30-12-3-2-11-29(30)31-14-8-10-26-22-25-38(49)41(39(26)31)40(32)37/h2-25H. The van der Waals surface area contributed by atoms with Crippen LogP contribution in [0.25, 0.3) is 105 Å². The number of para-hydroxylation sites is 3. The number of rotatable bonds is 3. The Bertz CT molecular complexity index is 3100. The summed E-state index contributed by atoms with van der Waals surface area (Å²) in [7, 11) is 0. The summed E-state index contributed by atoms with van der Waals surface area (Å²) < 4.78 is 4.30. The molecule has 0 spiro atoms. The van der Waals surface area contributed by atoms with E-state index < -0.39 is 0 Å². The maximum Gasteiger partial charge on any atom is 0.187 e. The molecule has 6 heteroatoms. The first-order valence-corrected chi connectivity index (χ1v) is 16.6. The normalized spacial score (nSPS) is 12.0. The average molecular weight is 637 g/mol. The van der Waals surface area contributed by atoms with Crippen LogP contribution in [0.2, 0.25) is 0 Å². The molecular weight excluding hydrogens is 613 g/mol. The molecule has 6 nitrogen and oxygen atoms in total. The van der Waals surface area contributed by atoms with Crippen LogP contribution >= 0.6 is 0 Å². The van der Waals surface area contributed by atoms with E-state index in [1.165, 1.54) is 43.8 Å². The van der Waals surface area contributed by atoms with Crippen LogP contribution in [0.5, 0.6) is 0 Å². The predicted octanol–water partition coefficient (Wildman–Crippen LogP) is 11.1. The topological polar surface area (TPSA) is 52.4 Å². The van der Waals surface area contributed by atoms with Gasteiger partial charge >= 0.3 is 0 Å². The number of aromatic nitrogens is 5. The van der Waals surface area contributed by atoms with E-state index in [-0.39, 0.29) is 0 Å². The molecule has 0 N–H and O–H groups in total. The van der Waals surface area contributed by atoms with Crippen molar-refractivity contribution in [3.05, 3.63) is 157 Å². The highest BCUT2D eigenvalue weighted by molar-refractivity contribution is 6.30. The van der Waals surface area contributed by atoms with Crippen molar-refractivity contribution >= 4 is 54.9 Å². The van der Waals surface area contributed by atoms with Gasteiger partial charge in [0.05, 0.1) is 34.3 Å². The first-order chi connectivity index (χ1) is 24.8. The van der Waals surface area contributed by atoms with Crippen molar-refractivity contribution in [3.63, 3.8) is 0 Å². The highest BCUT2D eigenvalue weighted by Crippen LogP contribution is 2.50. The Balaban J connectivity index is 1.22. The van der Waals surface area contributed by atoms with Gasteiger partial charge in [-0.1, -0.05) is 109 Å². The van der Waals surface area contributed by atoms with Crippen molar-refractivity contribution in [3.8, 4) is 50.6 Å². The van der Waals surface area contributed by atoms with Crippen LogP contribution in [0, 0.1) is 6.57 Å². The Hall–Kier alpha value is -7.10. The monoisotopic (exact) mass is 636 g/mol. The first-order valence-electron chi connectivity index (χ1n) is 16.6. The van der Waals surface area contributed by atoms with E-state index in [1.54, 1.807) is 0 Å². The third-order valence-electron chi connectivity index (χ3n) is 10.1. The number of benzene rings is 7. The highest BCUT2D eigenvalue weighted by Gasteiger charge is 2.26. The van der Waals surface area contributed by atoms with E-state index >= 15 is 0 Å². The Labute approximate surface area is 286 Å². The third-order valence-corrected chi connectivity index (χ3v) is 10.1. The summed E-state index contributed by atoms with van der Waals surface area (Å²) in [5.41, 5.74) is 13.7. The molecule has 7 aromatic carbocycles. The molecule has 0 atom stereocenters. The molecule has 0 radical (unpaired) electrons. The van der Waals surface area contributed by atoms with E-state index in [0.29, 0.717) is 17.2 Å². The lowest BCUT2D eigenvalue weighted by Crippen LogP contribution is -1.99. The van der Waals surface area contributed by atoms with Crippen molar-refractivity contribution in [2.24, 2.45) is 0 Å². The van der Waals surface area contributed by atoms with E-state index in [1.807, 2.05) is 53.0 Å². The lowest BCUT2D eigenvalue weighted by Gasteiger charge is -2.15. The van der Waals surface area contributed by atoms with Gasteiger partial charge < -0.3 is 4.57 Å². The van der Waals surface area contributed by atoms with Crippen molar-refractivity contribution in [2.45, 2.75) is 0 Å². The van der Waals surface area contributed by atoms with Crippen LogP contribution in [0.15, 0.2) is 146 Å². The summed E-state index contributed by atoms with van der Waals surface area (Å²) in [5, 5.41) is 10.2. The van der Waals surface area contributed by atoms with Crippen molar-refractivity contribution in [1.82, 2.24) is 24.1 Å². The van der Waals surface area contributed by atoms with Gasteiger partial charge in [0.2, 0.25) is 0 Å². The molecule has 0 fully saturated rings. The molecule has 0 amide bonds. The SMILES string of the molecule is [C-]#[N+]c1ccc(-c2nc3ccccc3n3nc(-c4ccccc4-n4c5cccc6c5c5c7c(cccc7ccc54)-c4ccccc4-6)nc23)cc1. The smallest absolute Gasteiger partial charge is 0.187 e. The van der Waals surface area contributed by atoms with Crippen LogP contribution in [0.3, 0.4) is 0 Å². The first kappa shape index (κ1) is 26.9. The molecule has 230 valence electrons. The highest BCUT2D eigenvalue weighted by atomic mass is 15.3. The molecular formula is C44H24N6. The average Bonchev–Trinajstić information content (AvgIpc) is 3.74. The van der Waals surface area contributed by atoms with Gasteiger partial charge in [-0.2, -0.15) is 0 Å². The molecule has 1 aliphatic rings. The molecule has 0 unspecified atom stereocenters. The van der Waals surface area contributed by atoms with Crippen molar-refractivity contribution < 1.29 is 0 Å². The molecule has 50 heavy (non-hydrogen) atoms. The van der Waals surface area contributed by atoms with E-state index in [9.17, 15) is 0 Å². The van der Waals surface area contributed by atoms with E-state index in [0.717, 1.165) is 44.6 Å². The minimum absolute atomic E-state index is 0.582. The largest absolute Gasteiger partial charge is 0.308 e. The number of nitrogens with zero attached hydrogens (tertiary/aromatic N) is 6. The molecule has 0 aliphatic heterocycles. The lowest BCUT2D eigenvalue weighted by atomic mass is 9.93. The number of hydrogen-bond donors (Lipinski definition) is 0. The lowest BCUT2D eigenvalue weighted by molar-refractivity contribution is 0.999. The fourth-order valence-corrected chi connectivity index (χ4v) is 7.99. The zero-order valence-corrected chi connectivity index (χ0v) is 26.5. The van der Waals surface area contributed by atoms with Crippen molar-refractivity contribution in [2.75, 3.05) is 0 Å². The van der Waals surface area contributed by atoms with Crippen molar-refractivity contribution in [1.29, 1.82) is 0 Å². The van der Waals surface area contributed by atoms with Gasteiger partial charge in [0.25, 0.3) is 0 Å². The fraction of sp³-hybridized carbons (Fsp3) is 0. The Morgan fingerprint density at radius 1 is 0.500 bits per heavy atom. The summed E-state index contributed by atoms with van der Waals surface area (Å²) in [6.45, 7) is 7.41. The molecule has 0 bridgehead atoms. The van der Waals surface area contributed by atoms with Gasteiger partial charge in [0.15, 0.2) is 17.2 Å². The quantitative estimate of drug-likeness (QED) is 0.181. The fourth-order valence-electron chi connectivity index (χ4n) is 7.99. The van der Waals surface area contributed by atoms with Crippen LogP contribution in [-0.2, 0) is 0 Å². The Morgan fingerprint density at radius 3 is 1.98 bits per heavy atom. The summed E-state index contributed by atoms with van der Waals surface area (Å²) in [5.74, 6) is 0.614. The number of hydrogen-bond acceptors (Lipinski definition) is 3. The van der Waals surface area contributed by atoms with Gasteiger partial charge in [-0.25, -0.2) is 19.3 Å². The van der Waals surface area contributed by atoms with Crippen LogP contribution < -0.4 is 0 Å². The predicted molar refractivity (Wildman–Crippen MR) is 202 cm³/mol. The summed E-state index contributed by atoms with van der Waals surface area (Å²) in [6.07, 6.45) is 0. The molecule has 3 heterocycles. The second-order valence-corrected chi connectivity index (χ2v) is 12.7. The molecule has 11 rings (SSSR count). The van der Waals surface area contributed by atoms with Gasteiger partial charge in [-0.15, -0.1) is 5.10 Å². The zero-order chi connectivity index (χ0) is 32.9. The molecule has 10 aromatic rings.